The second-order valence-electron chi connectivity index (χ2n) is 3.97. The molecule has 0 amide bonds. The van der Waals surface area contributed by atoms with Crippen LogP contribution in [0, 0.1) is 0 Å². The number of ether oxygens (including phenoxy) is 2. The van der Waals surface area contributed by atoms with E-state index in [0.717, 1.165) is 6.42 Å². The normalized spacial score (nSPS) is 12.4. The molecule has 1 heterocycles. The zero-order chi connectivity index (χ0) is 13.5. The molecule has 1 atom stereocenters. The molecular weight excluding hydrogens is 232 g/mol. The highest BCUT2D eigenvalue weighted by Crippen LogP contribution is 2.21. The maximum atomic E-state index is 12.5. The van der Waals surface area contributed by atoms with Gasteiger partial charge in [-0.1, -0.05) is 13.3 Å². The minimum absolute atomic E-state index is 0.0464. The van der Waals surface area contributed by atoms with E-state index in [1.807, 2.05) is 20.8 Å². The van der Waals surface area contributed by atoms with Crippen molar-refractivity contribution in [1.29, 1.82) is 0 Å². The first kappa shape index (κ1) is 14.7. The number of Topliss-reactive ketones (excluding diaryl/α,β-unsaturated/α-hetero) is 1. The number of hydrogen-bond acceptors (Lipinski definition) is 4. The van der Waals surface area contributed by atoms with Crippen LogP contribution in [0.2, 0.25) is 0 Å². The van der Waals surface area contributed by atoms with Crippen LogP contribution in [0.3, 0.4) is 0 Å². The van der Waals surface area contributed by atoms with Crippen molar-refractivity contribution in [1.82, 2.24) is 9.78 Å². The summed E-state index contributed by atoms with van der Waals surface area (Å²) in [6, 6.07) is 0. The third-order valence-electron chi connectivity index (χ3n) is 2.77. The second kappa shape index (κ2) is 7.16. The van der Waals surface area contributed by atoms with Crippen LogP contribution in [0.4, 0.5) is 0 Å². The van der Waals surface area contributed by atoms with E-state index in [9.17, 15) is 4.79 Å². The highest BCUT2D eigenvalue weighted by molar-refractivity contribution is 6.00. The van der Waals surface area contributed by atoms with Crippen LogP contribution in [0.1, 0.15) is 44.1 Å². The van der Waals surface area contributed by atoms with E-state index in [0.29, 0.717) is 31.0 Å². The van der Waals surface area contributed by atoms with Gasteiger partial charge in [-0.15, -0.1) is 0 Å². The van der Waals surface area contributed by atoms with Crippen molar-refractivity contribution in [2.45, 2.75) is 46.3 Å². The van der Waals surface area contributed by atoms with E-state index in [2.05, 4.69) is 5.10 Å². The Morgan fingerprint density at radius 2 is 2.17 bits per heavy atom. The predicted molar refractivity (Wildman–Crippen MR) is 69.1 cm³/mol. The fourth-order valence-electron chi connectivity index (χ4n) is 1.91. The van der Waals surface area contributed by atoms with Gasteiger partial charge in [-0.3, -0.25) is 9.48 Å². The van der Waals surface area contributed by atoms with Gasteiger partial charge in [-0.25, -0.2) is 0 Å². The van der Waals surface area contributed by atoms with E-state index in [1.165, 1.54) is 0 Å². The number of ketones is 1. The summed E-state index contributed by atoms with van der Waals surface area (Å²) in [5.41, 5.74) is 0.506. The van der Waals surface area contributed by atoms with Crippen LogP contribution in [-0.2, 0) is 11.3 Å². The number of hydrogen-bond donors (Lipinski definition) is 0. The minimum atomic E-state index is -0.407. The summed E-state index contributed by atoms with van der Waals surface area (Å²) in [6.07, 6.45) is 2.78. The summed E-state index contributed by atoms with van der Waals surface area (Å²) in [7, 11) is 1.54. The number of carbonyl (C=O) groups excluding carboxylic acids is 1. The van der Waals surface area contributed by atoms with E-state index < -0.39 is 6.10 Å². The highest BCUT2D eigenvalue weighted by Gasteiger charge is 2.26. The Kier molecular flexibility index (Phi) is 5.85. The molecule has 0 aliphatic rings. The molecule has 5 heteroatoms. The Hall–Kier alpha value is -1.36. The lowest BCUT2D eigenvalue weighted by molar-refractivity contribution is 0.0411. The standard InChI is InChI=1S/C13H22N2O3/c1-5-8-10(18-7-3)13(16)12-11(17-4)9-14-15(12)6-2/h9-10H,5-8H2,1-4H3. The van der Waals surface area contributed by atoms with Crippen LogP contribution >= 0.6 is 0 Å². The quantitative estimate of drug-likeness (QED) is 0.668. The molecule has 1 rings (SSSR count). The third-order valence-corrected chi connectivity index (χ3v) is 2.77. The number of carbonyl (C=O) groups is 1. The van der Waals surface area contributed by atoms with Crippen molar-refractivity contribution in [2.75, 3.05) is 13.7 Å². The molecule has 1 aromatic rings. The van der Waals surface area contributed by atoms with Gasteiger partial charge in [0, 0.05) is 13.2 Å². The molecule has 1 unspecified atom stereocenters. The summed E-state index contributed by atoms with van der Waals surface area (Å²) < 4.78 is 12.4. The maximum Gasteiger partial charge on any atom is 0.213 e. The monoisotopic (exact) mass is 254 g/mol. The fraction of sp³-hybridized carbons (Fsp3) is 0.692. The van der Waals surface area contributed by atoms with Crippen LogP contribution < -0.4 is 4.74 Å². The molecule has 0 saturated heterocycles. The SMILES string of the molecule is CCCC(OCC)C(=O)c1c(OC)cnn1CC. The smallest absolute Gasteiger partial charge is 0.213 e. The van der Waals surface area contributed by atoms with Crippen LogP contribution in [0.15, 0.2) is 6.20 Å². The number of nitrogens with zero attached hydrogens (tertiary/aromatic N) is 2. The summed E-state index contributed by atoms with van der Waals surface area (Å²) in [5, 5.41) is 4.14. The van der Waals surface area contributed by atoms with Crippen molar-refractivity contribution in [3.8, 4) is 5.75 Å². The van der Waals surface area contributed by atoms with Gasteiger partial charge in [0.2, 0.25) is 5.78 Å². The molecule has 0 aliphatic carbocycles. The summed E-state index contributed by atoms with van der Waals surface area (Å²) in [6.45, 7) is 7.03. The van der Waals surface area contributed by atoms with E-state index >= 15 is 0 Å². The molecule has 0 fully saturated rings. The van der Waals surface area contributed by atoms with Gasteiger partial charge in [-0.2, -0.15) is 5.10 Å². The predicted octanol–water partition coefficient (Wildman–Crippen LogP) is 2.30. The first-order chi connectivity index (χ1) is 8.69. The van der Waals surface area contributed by atoms with Gasteiger partial charge in [0.15, 0.2) is 5.75 Å². The Morgan fingerprint density at radius 3 is 2.67 bits per heavy atom. The molecule has 0 N–H and O–H groups in total. The third kappa shape index (κ3) is 3.10. The van der Waals surface area contributed by atoms with E-state index in [1.54, 1.807) is 18.0 Å². The van der Waals surface area contributed by atoms with Crippen molar-refractivity contribution in [3.05, 3.63) is 11.9 Å². The molecule has 0 bridgehead atoms. The highest BCUT2D eigenvalue weighted by atomic mass is 16.5. The van der Waals surface area contributed by atoms with Gasteiger partial charge in [0.05, 0.1) is 13.3 Å². The van der Waals surface area contributed by atoms with Crippen molar-refractivity contribution >= 4 is 5.78 Å². The lowest BCUT2D eigenvalue weighted by atomic mass is 10.1. The van der Waals surface area contributed by atoms with Crippen molar-refractivity contribution in [2.24, 2.45) is 0 Å². The first-order valence-electron chi connectivity index (χ1n) is 6.45. The largest absolute Gasteiger partial charge is 0.493 e. The number of aromatic nitrogens is 2. The van der Waals surface area contributed by atoms with Crippen LogP contribution in [-0.4, -0.2) is 35.4 Å². The Labute approximate surface area is 108 Å². The molecule has 0 saturated carbocycles. The summed E-state index contributed by atoms with van der Waals surface area (Å²) >= 11 is 0. The average Bonchev–Trinajstić information content (AvgIpc) is 2.80. The average molecular weight is 254 g/mol. The summed E-state index contributed by atoms with van der Waals surface area (Å²) in [5.74, 6) is 0.470. The Balaban J connectivity index is 3.02. The zero-order valence-electron chi connectivity index (χ0n) is 11.6. The molecule has 0 radical (unpaired) electrons. The number of aryl methyl sites for hydroxylation is 1. The molecule has 0 aromatic carbocycles. The van der Waals surface area contributed by atoms with Crippen molar-refractivity contribution < 1.29 is 14.3 Å². The van der Waals surface area contributed by atoms with Crippen LogP contribution in [0.5, 0.6) is 5.75 Å². The molecule has 1 aromatic heterocycles. The maximum absolute atomic E-state index is 12.5. The van der Waals surface area contributed by atoms with Crippen LogP contribution in [0.25, 0.3) is 0 Å². The first-order valence-corrected chi connectivity index (χ1v) is 6.45. The second-order valence-corrected chi connectivity index (χ2v) is 3.97. The lowest BCUT2D eigenvalue weighted by Crippen LogP contribution is -2.27. The molecular formula is C13H22N2O3. The fourth-order valence-corrected chi connectivity index (χ4v) is 1.91. The molecule has 5 nitrogen and oxygen atoms in total. The van der Waals surface area contributed by atoms with Gasteiger partial charge in [-0.05, 0) is 20.3 Å². The van der Waals surface area contributed by atoms with Gasteiger partial charge < -0.3 is 9.47 Å². The lowest BCUT2D eigenvalue weighted by Gasteiger charge is -2.16. The Morgan fingerprint density at radius 1 is 1.44 bits per heavy atom. The Bertz CT molecular complexity index is 360. The molecule has 0 aliphatic heterocycles. The minimum Gasteiger partial charge on any atom is -0.493 e. The van der Waals surface area contributed by atoms with Gasteiger partial charge in [0.25, 0.3) is 0 Å². The van der Waals surface area contributed by atoms with Gasteiger partial charge in [0.1, 0.15) is 11.8 Å². The van der Waals surface area contributed by atoms with Crippen molar-refractivity contribution in [3.63, 3.8) is 0 Å². The molecule has 18 heavy (non-hydrogen) atoms. The molecule has 102 valence electrons. The zero-order valence-corrected chi connectivity index (χ0v) is 11.6. The summed E-state index contributed by atoms with van der Waals surface area (Å²) in [4.78, 5) is 12.5. The van der Waals surface area contributed by atoms with Gasteiger partial charge >= 0.3 is 0 Å². The number of methoxy groups -OCH3 is 1. The van der Waals surface area contributed by atoms with E-state index in [-0.39, 0.29) is 5.78 Å². The number of rotatable bonds is 8. The topological polar surface area (TPSA) is 53.4 Å². The van der Waals surface area contributed by atoms with E-state index in [4.69, 9.17) is 9.47 Å². The molecule has 0 spiro atoms.